The lowest BCUT2D eigenvalue weighted by Crippen LogP contribution is -3.00. The molecule has 2 heteroatoms. The fraction of sp³-hybridized carbons (Fsp3) is 0.273. The zero-order valence-electron chi connectivity index (χ0n) is 20.5. The Labute approximate surface area is 218 Å². The van der Waals surface area contributed by atoms with Crippen LogP contribution in [0.5, 0.6) is 0 Å². The Hall–Kier alpha value is -2.40. The van der Waals surface area contributed by atoms with Crippen LogP contribution in [-0.4, -0.2) is 0 Å². The molecule has 180 valence electrons. The van der Waals surface area contributed by atoms with E-state index in [-0.39, 0.29) is 12.4 Å². The van der Waals surface area contributed by atoms with Crippen LogP contribution in [0.25, 0.3) is 0 Å². The molecule has 0 radical (unpaired) electrons. The number of hydrogen-bond acceptors (Lipinski definition) is 0. The number of hydrogen-bond donors (Lipinski definition) is 0. The Morgan fingerprint density at radius 1 is 0.571 bits per heavy atom. The lowest BCUT2D eigenvalue weighted by molar-refractivity contribution is -0.00000675. The van der Waals surface area contributed by atoms with E-state index in [1.807, 2.05) is 0 Å². The molecule has 4 aromatic carbocycles. The molecule has 0 aliphatic heterocycles. The summed E-state index contributed by atoms with van der Waals surface area (Å²) in [5, 5.41) is 4.54. The molecule has 4 aromatic rings. The highest BCUT2D eigenvalue weighted by atomic mass is 35.5. The summed E-state index contributed by atoms with van der Waals surface area (Å²) in [4.78, 5) is 0. The van der Waals surface area contributed by atoms with Crippen LogP contribution in [0, 0.1) is 5.92 Å². The Kier molecular flexibility index (Phi) is 9.19. The maximum absolute atomic E-state index is 2.45. The van der Waals surface area contributed by atoms with Crippen molar-refractivity contribution in [3.8, 4) is 0 Å². The van der Waals surface area contributed by atoms with Crippen molar-refractivity contribution < 1.29 is 12.4 Å². The Balaban J connectivity index is 0.00000289. The minimum Gasteiger partial charge on any atom is -1.00 e. The van der Waals surface area contributed by atoms with Crippen LogP contribution < -0.4 is 28.3 Å². The van der Waals surface area contributed by atoms with Gasteiger partial charge in [0.2, 0.25) is 0 Å². The molecule has 0 amide bonds. The van der Waals surface area contributed by atoms with Crippen LogP contribution in [0.15, 0.2) is 115 Å². The fourth-order valence-corrected chi connectivity index (χ4v) is 10.4. The van der Waals surface area contributed by atoms with Crippen molar-refractivity contribution in [1.29, 1.82) is 0 Å². The van der Waals surface area contributed by atoms with Gasteiger partial charge in [-0.3, -0.25) is 0 Å². The van der Waals surface area contributed by atoms with Crippen LogP contribution in [0.4, 0.5) is 0 Å². The molecular formula is C33H36ClP. The van der Waals surface area contributed by atoms with Gasteiger partial charge in [-0.1, -0.05) is 117 Å². The average Bonchev–Trinajstić information content (AvgIpc) is 2.93. The molecule has 0 N–H and O–H groups in total. The molecule has 5 rings (SSSR count). The zero-order chi connectivity index (χ0) is 23.1. The van der Waals surface area contributed by atoms with Gasteiger partial charge in [-0.25, -0.2) is 0 Å². The van der Waals surface area contributed by atoms with Gasteiger partial charge in [0, 0.05) is 0 Å². The number of aryl methyl sites for hydroxylation is 1. The molecule has 1 saturated carbocycles. The van der Waals surface area contributed by atoms with Crippen LogP contribution >= 0.6 is 7.26 Å². The molecule has 0 unspecified atom stereocenters. The van der Waals surface area contributed by atoms with E-state index in [0.29, 0.717) is 0 Å². The monoisotopic (exact) mass is 498 g/mol. The van der Waals surface area contributed by atoms with E-state index >= 15 is 0 Å². The highest BCUT2D eigenvalue weighted by molar-refractivity contribution is 7.95. The summed E-state index contributed by atoms with van der Waals surface area (Å²) in [6.45, 7) is 0. The SMILES string of the molecule is [Cl-].c1ccc(C[P+](c2ccccc2)(c2ccccc2)c2ccccc2CCC2CCCCC2)cc1. The minimum absolute atomic E-state index is 0. The van der Waals surface area contributed by atoms with E-state index in [9.17, 15) is 0 Å². The molecule has 0 saturated heterocycles. The molecule has 0 atom stereocenters. The Bertz CT molecular complexity index is 1110. The highest BCUT2D eigenvalue weighted by Gasteiger charge is 2.46. The van der Waals surface area contributed by atoms with Gasteiger partial charge in [0.25, 0.3) is 0 Å². The quantitative estimate of drug-likeness (QED) is 0.309. The van der Waals surface area contributed by atoms with Crippen molar-refractivity contribution in [2.24, 2.45) is 5.92 Å². The van der Waals surface area contributed by atoms with E-state index in [0.717, 1.165) is 12.1 Å². The summed E-state index contributed by atoms with van der Waals surface area (Å²) >= 11 is 0. The Morgan fingerprint density at radius 3 is 1.69 bits per heavy atom. The third-order valence-corrected chi connectivity index (χ3v) is 12.1. The molecule has 0 aromatic heterocycles. The zero-order valence-corrected chi connectivity index (χ0v) is 22.2. The third kappa shape index (κ3) is 5.88. The van der Waals surface area contributed by atoms with E-state index in [1.54, 1.807) is 10.9 Å². The second kappa shape index (κ2) is 12.5. The van der Waals surface area contributed by atoms with Crippen LogP contribution in [-0.2, 0) is 12.6 Å². The van der Waals surface area contributed by atoms with Gasteiger partial charge in [0.1, 0.15) is 23.2 Å². The topological polar surface area (TPSA) is 0 Å². The summed E-state index contributed by atoms with van der Waals surface area (Å²) in [7, 11) is -1.88. The molecule has 1 aliphatic carbocycles. The van der Waals surface area contributed by atoms with Gasteiger partial charge in [-0.2, -0.15) is 0 Å². The van der Waals surface area contributed by atoms with Crippen molar-refractivity contribution in [2.45, 2.75) is 51.1 Å². The predicted octanol–water partition coefficient (Wildman–Crippen LogP) is 4.70. The van der Waals surface area contributed by atoms with Crippen LogP contribution in [0.2, 0.25) is 0 Å². The second-order valence-corrected chi connectivity index (χ2v) is 13.2. The van der Waals surface area contributed by atoms with E-state index < -0.39 is 7.26 Å². The molecule has 35 heavy (non-hydrogen) atoms. The standard InChI is InChI=1S/C33H36P.ClH/c1-5-15-28(16-6-1)25-26-30-19-13-14-24-33(30)34(31-20-9-3-10-21-31,32-22-11-4-12-23-32)27-29-17-7-2-8-18-29;/h2-4,7-14,17-24,28H,1,5-6,15-16,25-27H2;1H/q+1;/p-1. The smallest absolute Gasteiger partial charge is 0.116 e. The largest absolute Gasteiger partial charge is 1.00 e. The molecule has 1 aliphatic rings. The van der Waals surface area contributed by atoms with E-state index in [4.69, 9.17) is 0 Å². The van der Waals surface area contributed by atoms with E-state index in [2.05, 4.69) is 115 Å². The molecule has 0 spiro atoms. The predicted molar refractivity (Wildman–Crippen MR) is 150 cm³/mol. The number of benzene rings is 4. The molecular weight excluding hydrogens is 463 g/mol. The van der Waals surface area contributed by atoms with Gasteiger partial charge in [-0.15, -0.1) is 0 Å². The summed E-state index contributed by atoms with van der Waals surface area (Å²) in [6.07, 6.45) is 10.7. The maximum Gasteiger partial charge on any atom is 0.116 e. The summed E-state index contributed by atoms with van der Waals surface area (Å²) in [5.41, 5.74) is 2.98. The highest BCUT2D eigenvalue weighted by Crippen LogP contribution is 2.58. The molecule has 0 bridgehead atoms. The van der Waals surface area contributed by atoms with Gasteiger partial charge in [-0.05, 0) is 60.2 Å². The summed E-state index contributed by atoms with van der Waals surface area (Å²) in [6, 6.07) is 43.2. The van der Waals surface area contributed by atoms with Crippen LogP contribution in [0.3, 0.4) is 0 Å². The molecule has 0 heterocycles. The average molecular weight is 499 g/mol. The van der Waals surface area contributed by atoms with Gasteiger partial charge < -0.3 is 12.4 Å². The van der Waals surface area contributed by atoms with Gasteiger partial charge in [0.15, 0.2) is 0 Å². The number of halogens is 1. The van der Waals surface area contributed by atoms with Gasteiger partial charge >= 0.3 is 0 Å². The van der Waals surface area contributed by atoms with Gasteiger partial charge in [0.05, 0.1) is 6.16 Å². The first-order valence-electron chi connectivity index (χ1n) is 13.0. The van der Waals surface area contributed by atoms with Crippen molar-refractivity contribution in [3.63, 3.8) is 0 Å². The maximum atomic E-state index is 2.45. The van der Waals surface area contributed by atoms with Crippen molar-refractivity contribution in [1.82, 2.24) is 0 Å². The molecule has 1 fully saturated rings. The first-order chi connectivity index (χ1) is 16.9. The normalized spacial score (nSPS) is 14.3. The van der Waals surface area contributed by atoms with E-state index in [1.165, 1.54) is 61.1 Å². The third-order valence-electron chi connectivity index (χ3n) is 7.61. The Morgan fingerprint density at radius 2 is 1.09 bits per heavy atom. The lowest BCUT2D eigenvalue weighted by atomic mass is 9.85. The fourth-order valence-electron chi connectivity index (χ4n) is 5.85. The van der Waals surface area contributed by atoms with Crippen molar-refractivity contribution >= 4 is 23.2 Å². The summed E-state index contributed by atoms with van der Waals surface area (Å²) in [5.74, 6) is 0.900. The number of rotatable bonds is 8. The van der Waals surface area contributed by atoms with Crippen molar-refractivity contribution in [2.75, 3.05) is 0 Å². The lowest BCUT2D eigenvalue weighted by Gasteiger charge is -2.30. The van der Waals surface area contributed by atoms with Crippen LogP contribution in [0.1, 0.15) is 49.7 Å². The second-order valence-electron chi connectivity index (χ2n) is 9.80. The minimum atomic E-state index is -1.88. The first kappa shape index (κ1) is 25.7. The first-order valence-corrected chi connectivity index (χ1v) is 15.0. The summed E-state index contributed by atoms with van der Waals surface area (Å²) < 4.78 is 0. The van der Waals surface area contributed by atoms with Crippen molar-refractivity contribution in [3.05, 3.63) is 126 Å². The molecule has 0 nitrogen and oxygen atoms in total.